The van der Waals surface area contributed by atoms with Crippen molar-refractivity contribution in [2.24, 2.45) is 0 Å². The van der Waals surface area contributed by atoms with Crippen molar-refractivity contribution in [1.29, 1.82) is 0 Å². The van der Waals surface area contributed by atoms with Gasteiger partial charge in [0.05, 0.1) is 12.3 Å². The molecule has 10 heteroatoms. The van der Waals surface area contributed by atoms with Crippen molar-refractivity contribution in [2.75, 3.05) is 0 Å². The van der Waals surface area contributed by atoms with Crippen LogP contribution in [0.15, 0.2) is 12.1 Å². The van der Waals surface area contributed by atoms with E-state index in [0.717, 1.165) is 12.1 Å². The average molecular weight is 317 g/mol. The zero-order valence-electron chi connectivity index (χ0n) is 8.89. The largest absolute Gasteiger partial charge is 0.507 e. The zero-order valence-corrected chi connectivity index (χ0v) is 11.4. The summed E-state index contributed by atoms with van der Waals surface area (Å²) in [7, 11) is -8.84. The zero-order chi connectivity index (χ0) is 14.1. The van der Waals surface area contributed by atoms with E-state index in [4.69, 9.17) is 31.2 Å². The number of benzene rings is 1. The van der Waals surface area contributed by atoms with E-state index < -0.39 is 33.3 Å². The molecule has 18 heavy (non-hydrogen) atoms. The second-order valence-electron chi connectivity index (χ2n) is 3.72. The number of phenols is 1. The third-order valence-electron chi connectivity index (χ3n) is 1.99. The molecule has 0 aliphatic rings. The Bertz CT molecular complexity index is 501. The van der Waals surface area contributed by atoms with Gasteiger partial charge in [0.1, 0.15) is 5.75 Å². The topological polar surface area (TPSA) is 135 Å². The maximum atomic E-state index is 10.8. The first kappa shape index (κ1) is 15.7. The first-order valence-corrected chi connectivity index (χ1v) is 8.55. The summed E-state index contributed by atoms with van der Waals surface area (Å²) in [5.74, 6) is -0.564. The van der Waals surface area contributed by atoms with E-state index in [1.165, 1.54) is 0 Å². The molecule has 0 radical (unpaired) electrons. The average Bonchev–Trinajstić information content (AvgIpc) is 2.07. The Morgan fingerprint density at radius 3 is 1.56 bits per heavy atom. The van der Waals surface area contributed by atoms with Crippen molar-refractivity contribution >= 4 is 26.8 Å². The highest BCUT2D eigenvalue weighted by Crippen LogP contribution is 2.46. The fraction of sp³-hybridized carbons (Fsp3) is 0.250. The molecular weight excluding hydrogens is 305 g/mol. The summed E-state index contributed by atoms with van der Waals surface area (Å²) in [6.45, 7) is 0. The Morgan fingerprint density at radius 1 is 0.944 bits per heavy atom. The van der Waals surface area contributed by atoms with Crippen LogP contribution in [0.2, 0.25) is 5.02 Å². The molecule has 0 aliphatic heterocycles. The highest BCUT2D eigenvalue weighted by atomic mass is 35.5. The third kappa shape index (κ3) is 5.08. The van der Waals surface area contributed by atoms with Crippen LogP contribution >= 0.6 is 26.8 Å². The third-order valence-corrected chi connectivity index (χ3v) is 3.71. The van der Waals surface area contributed by atoms with Gasteiger partial charge in [-0.3, -0.25) is 9.13 Å². The molecule has 7 nitrogen and oxygen atoms in total. The van der Waals surface area contributed by atoms with Crippen LogP contribution in [0.4, 0.5) is 0 Å². The molecule has 0 spiro atoms. The van der Waals surface area contributed by atoms with Crippen LogP contribution in [-0.2, 0) is 21.5 Å². The second kappa shape index (κ2) is 5.31. The van der Waals surface area contributed by atoms with Gasteiger partial charge in [-0.2, -0.15) is 0 Å². The van der Waals surface area contributed by atoms with Gasteiger partial charge < -0.3 is 24.7 Å². The molecule has 0 unspecified atom stereocenters. The molecule has 0 aliphatic carbocycles. The van der Waals surface area contributed by atoms with Crippen molar-refractivity contribution in [3.63, 3.8) is 0 Å². The van der Waals surface area contributed by atoms with E-state index in [2.05, 4.69) is 0 Å². The van der Waals surface area contributed by atoms with Gasteiger partial charge in [-0.15, -0.1) is 0 Å². The van der Waals surface area contributed by atoms with Crippen LogP contribution < -0.4 is 0 Å². The highest BCUT2D eigenvalue weighted by Gasteiger charge is 2.23. The summed E-state index contributed by atoms with van der Waals surface area (Å²) in [4.78, 5) is 35.3. The Labute approximate surface area is 107 Å². The maximum Gasteiger partial charge on any atom is 0.330 e. The van der Waals surface area contributed by atoms with E-state index in [9.17, 15) is 14.2 Å². The summed E-state index contributed by atoms with van der Waals surface area (Å²) < 4.78 is 21.7. The monoisotopic (exact) mass is 316 g/mol. The first-order valence-electron chi connectivity index (χ1n) is 4.57. The minimum atomic E-state index is -4.42. The molecule has 0 saturated heterocycles. The smallest absolute Gasteiger partial charge is 0.330 e. The van der Waals surface area contributed by atoms with E-state index in [-0.39, 0.29) is 16.1 Å². The Hall–Kier alpha value is -0.390. The van der Waals surface area contributed by atoms with Crippen molar-refractivity contribution in [3.8, 4) is 5.75 Å². The molecule has 1 aromatic carbocycles. The second-order valence-corrected chi connectivity index (χ2v) is 7.45. The van der Waals surface area contributed by atoms with E-state index in [1.54, 1.807) is 0 Å². The molecule has 0 amide bonds. The number of halogens is 1. The van der Waals surface area contributed by atoms with Crippen LogP contribution in [0.3, 0.4) is 0 Å². The molecule has 0 saturated carbocycles. The molecule has 0 bridgehead atoms. The highest BCUT2D eigenvalue weighted by molar-refractivity contribution is 7.51. The lowest BCUT2D eigenvalue weighted by Gasteiger charge is -2.12. The maximum absolute atomic E-state index is 10.8. The Kier molecular flexibility index (Phi) is 4.62. The molecule has 0 heterocycles. The normalized spacial score (nSPS) is 12.7. The van der Waals surface area contributed by atoms with Gasteiger partial charge in [0.2, 0.25) is 0 Å². The fourth-order valence-corrected chi connectivity index (χ4v) is 3.04. The molecule has 1 rings (SSSR count). The lowest BCUT2D eigenvalue weighted by Crippen LogP contribution is -1.94. The summed E-state index contributed by atoms with van der Waals surface area (Å²) in [6, 6.07) is 2.28. The van der Waals surface area contributed by atoms with E-state index >= 15 is 0 Å². The van der Waals surface area contributed by atoms with Crippen LogP contribution in [0.25, 0.3) is 0 Å². The molecular formula is C8H11ClO7P2. The minimum absolute atomic E-state index is 0.0275. The van der Waals surface area contributed by atoms with Gasteiger partial charge in [-0.05, 0) is 12.1 Å². The standard InChI is InChI=1S/C8H11ClO7P2/c9-7-1-5(3-17(11,12)13)8(10)6(2-7)4-18(14,15)16/h1-2,10H,3-4H2,(H2,11,12,13)(H2,14,15,16). The summed E-state index contributed by atoms with van der Waals surface area (Å²) >= 11 is 5.66. The minimum Gasteiger partial charge on any atom is -0.507 e. The molecule has 0 fully saturated rings. The number of hydrogen-bond donors (Lipinski definition) is 5. The van der Waals surface area contributed by atoms with Crippen LogP contribution in [0.1, 0.15) is 11.1 Å². The fourth-order valence-electron chi connectivity index (χ4n) is 1.40. The number of phenolic OH excluding ortho intramolecular Hbond substituents is 1. The number of aromatic hydroxyl groups is 1. The van der Waals surface area contributed by atoms with Crippen LogP contribution in [0.5, 0.6) is 5.75 Å². The molecule has 5 N–H and O–H groups in total. The van der Waals surface area contributed by atoms with Crippen molar-refractivity contribution in [1.82, 2.24) is 0 Å². The summed E-state index contributed by atoms with van der Waals surface area (Å²) in [6.07, 6.45) is -1.51. The summed E-state index contributed by atoms with van der Waals surface area (Å²) in [5.41, 5.74) is -0.307. The van der Waals surface area contributed by atoms with Crippen molar-refractivity contribution < 1.29 is 33.8 Å². The predicted molar refractivity (Wildman–Crippen MR) is 64.6 cm³/mol. The van der Waals surface area contributed by atoms with Gasteiger partial charge in [0.25, 0.3) is 0 Å². The quantitative estimate of drug-likeness (QED) is 0.530. The summed E-state index contributed by atoms with van der Waals surface area (Å²) in [5, 5.41) is 9.72. The SMILES string of the molecule is O=P(O)(O)Cc1cc(Cl)cc(CP(=O)(O)O)c1O. The Balaban J connectivity index is 3.22. The van der Waals surface area contributed by atoms with Gasteiger partial charge in [0.15, 0.2) is 0 Å². The van der Waals surface area contributed by atoms with Gasteiger partial charge in [0, 0.05) is 16.1 Å². The van der Waals surface area contributed by atoms with Crippen molar-refractivity contribution in [3.05, 3.63) is 28.3 Å². The Morgan fingerprint density at radius 2 is 1.28 bits per heavy atom. The lowest BCUT2D eigenvalue weighted by molar-refractivity contribution is 0.369. The predicted octanol–water partition coefficient (Wildman–Crippen LogP) is 1.40. The lowest BCUT2D eigenvalue weighted by atomic mass is 10.1. The molecule has 102 valence electrons. The number of hydrogen-bond acceptors (Lipinski definition) is 3. The molecule has 1 aromatic rings. The van der Waals surface area contributed by atoms with Crippen molar-refractivity contribution in [2.45, 2.75) is 12.3 Å². The van der Waals surface area contributed by atoms with Gasteiger partial charge in [-0.1, -0.05) is 11.6 Å². The number of rotatable bonds is 4. The van der Waals surface area contributed by atoms with Gasteiger partial charge in [-0.25, -0.2) is 0 Å². The van der Waals surface area contributed by atoms with E-state index in [1.807, 2.05) is 0 Å². The first-order chi connectivity index (χ1) is 7.98. The van der Waals surface area contributed by atoms with Crippen LogP contribution in [0, 0.1) is 0 Å². The van der Waals surface area contributed by atoms with Gasteiger partial charge >= 0.3 is 15.2 Å². The molecule has 0 atom stereocenters. The van der Waals surface area contributed by atoms with E-state index in [0.29, 0.717) is 0 Å². The van der Waals surface area contributed by atoms with Crippen LogP contribution in [-0.4, -0.2) is 24.7 Å². The molecule has 0 aromatic heterocycles.